The molecule has 0 radical (unpaired) electrons. The van der Waals surface area contributed by atoms with E-state index in [4.69, 9.17) is 0 Å². The van der Waals surface area contributed by atoms with Crippen molar-refractivity contribution in [2.45, 2.75) is 33.6 Å². The van der Waals surface area contributed by atoms with Crippen LogP contribution in [-0.2, 0) is 6.42 Å². The van der Waals surface area contributed by atoms with Crippen LogP contribution in [-0.4, -0.2) is 28.0 Å². The van der Waals surface area contributed by atoms with Gasteiger partial charge in [0.05, 0.1) is 0 Å². The summed E-state index contributed by atoms with van der Waals surface area (Å²) >= 11 is 0. The second-order valence-corrected chi connectivity index (χ2v) is 5.06. The molecule has 0 bridgehead atoms. The van der Waals surface area contributed by atoms with Crippen LogP contribution in [0.1, 0.15) is 30.3 Å². The van der Waals surface area contributed by atoms with Crippen LogP contribution in [0.2, 0.25) is 0 Å². The van der Waals surface area contributed by atoms with Crippen LogP contribution < -0.4 is 10.6 Å². The van der Waals surface area contributed by atoms with Gasteiger partial charge >= 0.3 is 0 Å². The molecule has 0 saturated carbocycles. The predicted octanol–water partition coefficient (Wildman–Crippen LogP) is 2.96. The molecule has 0 aliphatic rings. The van der Waals surface area contributed by atoms with Crippen molar-refractivity contribution in [3.63, 3.8) is 0 Å². The number of aryl methyl sites for hydroxylation is 3. The van der Waals surface area contributed by atoms with E-state index in [9.17, 15) is 0 Å². The average molecular weight is 285 g/mol. The van der Waals surface area contributed by atoms with E-state index in [1.54, 1.807) is 6.20 Å². The molecule has 2 aromatic heterocycles. The van der Waals surface area contributed by atoms with E-state index in [2.05, 4.69) is 45.5 Å². The monoisotopic (exact) mass is 285 g/mol. The van der Waals surface area contributed by atoms with Gasteiger partial charge in [0.15, 0.2) is 0 Å². The number of hydrogen-bond acceptors (Lipinski definition) is 5. The highest BCUT2D eigenvalue weighted by Crippen LogP contribution is 2.13. The standard InChI is InChI=1S/C16H23N5/c1-4-6-14-11-20-13(3)21-16(14)19-10-9-18-15-12(2)7-5-8-17-15/h5,7-8,11H,4,6,9-10H2,1-3H3,(H,17,18)(H,19,20,21). The molecule has 0 aliphatic heterocycles. The molecule has 2 heterocycles. The number of rotatable bonds is 7. The largest absolute Gasteiger partial charge is 0.368 e. The van der Waals surface area contributed by atoms with Crippen molar-refractivity contribution in [2.75, 3.05) is 23.7 Å². The average Bonchev–Trinajstić information content (AvgIpc) is 2.48. The third-order valence-electron chi connectivity index (χ3n) is 3.22. The second kappa shape index (κ2) is 7.57. The molecule has 0 saturated heterocycles. The molecule has 0 amide bonds. The van der Waals surface area contributed by atoms with Gasteiger partial charge in [-0.15, -0.1) is 0 Å². The summed E-state index contributed by atoms with van der Waals surface area (Å²) in [5, 5.41) is 6.72. The van der Waals surface area contributed by atoms with Gasteiger partial charge in [0.2, 0.25) is 0 Å². The zero-order valence-electron chi connectivity index (χ0n) is 13.0. The zero-order valence-corrected chi connectivity index (χ0v) is 13.0. The summed E-state index contributed by atoms with van der Waals surface area (Å²) in [6.07, 6.45) is 5.81. The normalized spacial score (nSPS) is 10.4. The molecule has 0 aromatic carbocycles. The Morgan fingerprint density at radius 3 is 2.52 bits per heavy atom. The number of pyridine rings is 1. The van der Waals surface area contributed by atoms with E-state index >= 15 is 0 Å². The van der Waals surface area contributed by atoms with Gasteiger partial charge in [-0.1, -0.05) is 19.4 Å². The lowest BCUT2D eigenvalue weighted by Gasteiger charge is -2.12. The summed E-state index contributed by atoms with van der Waals surface area (Å²) in [6, 6.07) is 4.00. The Labute approximate surface area is 126 Å². The van der Waals surface area contributed by atoms with Gasteiger partial charge < -0.3 is 10.6 Å². The maximum absolute atomic E-state index is 4.49. The van der Waals surface area contributed by atoms with Crippen molar-refractivity contribution in [1.82, 2.24) is 15.0 Å². The lowest BCUT2D eigenvalue weighted by atomic mass is 10.2. The smallest absolute Gasteiger partial charge is 0.132 e. The van der Waals surface area contributed by atoms with Crippen LogP contribution in [0.25, 0.3) is 0 Å². The molecule has 2 N–H and O–H groups in total. The van der Waals surface area contributed by atoms with Crippen molar-refractivity contribution in [3.05, 3.63) is 41.5 Å². The van der Waals surface area contributed by atoms with Crippen molar-refractivity contribution in [1.29, 1.82) is 0 Å². The van der Waals surface area contributed by atoms with Crippen LogP contribution >= 0.6 is 0 Å². The molecule has 5 nitrogen and oxygen atoms in total. The van der Waals surface area contributed by atoms with E-state index in [-0.39, 0.29) is 0 Å². The fourth-order valence-electron chi connectivity index (χ4n) is 2.13. The first-order valence-corrected chi connectivity index (χ1v) is 7.42. The molecule has 0 aliphatic carbocycles. The minimum Gasteiger partial charge on any atom is -0.368 e. The molecule has 2 rings (SSSR count). The number of hydrogen-bond donors (Lipinski definition) is 2. The van der Waals surface area contributed by atoms with E-state index < -0.39 is 0 Å². The summed E-state index contributed by atoms with van der Waals surface area (Å²) in [4.78, 5) is 13.1. The Morgan fingerprint density at radius 2 is 1.81 bits per heavy atom. The highest BCUT2D eigenvalue weighted by molar-refractivity contribution is 5.45. The van der Waals surface area contributed by atoms with E-state index in [1.165, 1.54) is 5.56 Å². The quantitative estimate of drug-likeness (QED) is 0.766. The van der Waals surface area contributed by atoms with Gasteiger partial charge in [-0.3, -0.25) is 0 Å². The van der Waals surface area contributed by atoms with Gasteiger partial charge in [-0.05, 0) is 31.9 Å². The van der Waals surface area contributed by atoms with Crippen molar-refractivity contribution >= 4 is 11.6 Å². The van der Waals surface area contributed by atoms with Crippen LogP contribution in [0, 0.1) is 13.8 Å². The minimum atomic E-state index is 0.795. The Morgan fingerprint density at radius 1 is 1.05 bits per heavy atom. The van der Waals surface area contributed by atoms with E-state index in [0.717, 1.165) is 49.0 Å². The Balaban J connectivity index is 1.88. The number of nitrogens with zero attached hydrogens (tertiary/aromatic N) is 3. The fourth-order valence-corrected chi connectivity index (χ4v) is 2.13. The maximum Gasteiger partial charge on any atom is 0.132 e. The summed E-state index contributed by atoms with van der Waals surface area (Å²) < 4.78 is 0. The lowest BCUT2D eigenvalue weighted by Crippen LogP contribution is -2.17. The van der Waals surface area contributed by atoms with Gasteiger partial charge in [0.1, 0.15) is 17.5 Å². The van der Waals surface area contributed by atoms with E-state index in [1.807, 2.05) is 19.2 Å². The molecule has 112 valence electrons. The highest BCUT2D eigenvalue weighted by atomic mass is 15.1. The van der Waals surface area contributed by atoms with Crippen molar-refractivity contribution < 1.29 is 0 Å². The SMILES string of the molecule is CCCc1cnc(C)nc1NCCNc1ncccc1C. The van der Waals surface area contributed by atoms with E-state index in [0.29, 0.717) is 0 Å². The first kappa shape index (κ1) is 15.2. The van der Waals surface area contributed by atoms with Gasteiger partial charge in [0.25, 0.3) is 0 Å². The van der Waals surface area contributed by atoms with Crippen LogP contribution in [0.3, 0.4) is 0 Å². The molecule has 2 aromatic rings. The summed E-state index contributed by atoms with van der Waals surface area (Å²) in [5.74, 6) is 2.68. The highest BCUT2D eigenvalue weighted by Gasteiger charge is 2.04. The molecule has 0 fully saturated rings. The van der Waals surface area contributed by atoms with Crippen LogP contribution in [0.15, 0.2) is 24.5 Å². The Bertz CT molecular complexity index is 583. The number of nitrogens with one attached hydrogen (secondary N) is 2. The molecule has 0 unspecified atom stereocenters. The summed E-state index contributed by atoms with van der Waals surface area (Å²) in [6.45, 7) is 7.72. The van der Waals surface area contributed by atoms with Gasteiger partial charge in [-0.2, -0.15) is 0 Å². The molecular formula is C16H23N5. The second-order valence-electron chi connectivity index (χ2n) is 5.06. The third kappa shape index (κ3) is 4.41. The predicted molar refractivity (Wildman–Crippen MR) is 86.7 cm³/mol. The van der Waals surface area contributed by atoms with Gasteiger partial charge in [-0.25, -0.2) is 15.0 Å². The van der Waals surface area contributed by atoms with Gasteiger partial charge in [0, 0.05) is 31.0 Å². The van der Waals surface area contributed by atoms with Crippen LogP contribution in [0.5, 0.6) is 0 Å². The zero-order chi connectivity index (χ0) is 15.1. The molecule has 21 heavy (non-hydrogen) atoms. The minimum absolute atomic E-state index is 0.795. The molecular weight excluding hydrogens is 262 g/mol. The summed E-state index contributed by atoms with van der Waals surface area (Å²) in [5.41, 5.74) is 2.33. The van der Waals surface area contributed by atoms with Crippen LogP contribution in [0.4, 0.5) is 11.6 Å². The third-order valence-corrected chi connectivity index (χ3v) is 3.22. The Kier molecular flexibility index (Phi) is 5.49. The molecule has 5 heteroatoms. The number of anilines is 2. The molecule has 0 spiro atoms. The van der Waals surface area contributed by atoms with Crippen molar-refractivity contribution in [2.24, 2.45) is 0 Å². The fraction of sp³-hybridized carbons (Fsp3) is 0.438. The first-order chi connectivity index (χ1) is 10.2. The topological polar surface area (TPSA) is 62.7 Å². The maximum atomic E-state index is 4.49. The first-order valence-electron chi connectivity index (χ1n) is 7.42. The number of aromatic nitrogens is 3. The lowest BCUT2D eigenvalue weighted by molar-refractivity contribution is 0.885. The molecule has 0 atom stereocenters. The summed E-state index contributed by atoms with van der Waals surface area (Å²) in [7, 11) is 0. The Hall–Kier alpha value is -2.17. The van der Waals surface area contributed by atoms with Crippen molar-refractivity contribution in [3.8, 4) is 0 Å².